The largest absolute Gasteiger partial charge is 0.356 e. The van der Waals surface area contributed by atoms with Crippen LogP contribution in [0.4, 0.5) is 5.69 Å². The molecule has 0 aliphatic carbocycles. The molecule has 6 heteroatoms. The van der Waals surface area contributed by atoms with Crippen LogP contribution in [0.15, 0.2) is 29.3 Å². The van der Waals surface area contributed by atoms with Crippen LogP contribution < -0.4 is 15.5 Å². The molecule has 1 aliphatic heterocycles. The van der Waals surface area contributed by atoms with Gasteiger partial charge in [-0.1, -0.05) is 18.2 Å². The predicted octanol–water partition coefficient (Wildman–Crippen LogP) is 1.10. The third-order valence-corrected chi connectivity index (χ3v) is 4.03. The molecule has 0 unspecified atom stereocenters. The third-order valence-electron chi connectivity index (χ3n) is 3.42. The number of hydrogen-bond acceptors (Lipinski definition) is 3. The van der Waals surface area contributed by atoms with E-state index < -0.39 is 0 Å². The molecule has 2 N–H and O–H groups in total. The lowest BCUT2D eigenvalue weighted by Crippen LogP contribution is -2.44. The maximum atomic E-state index is 12.3. The standard InChI is InChI=1S/C15H22N4OS/c1-16-15(17-8-10-21-2)18-11-14(20)19-9-7-12-5-3-4-6-13(12)19/h3-6H,7-11H2,1-2H3,(H2,16,17,18). The van der Waals surface area contributed by atoms with Gasteiger partial charge in [0, 0.05) is 31.6 Å². The Bertz CT molecular complexity index is 518. The summed E-state index contributed by atoms with van der Waals surface area (Å²) in [5, 5.41) is 6.26. The number of rotatable bonds is 5. The second kappa shape index (κ2) is 7.93. The van der Waals surface area contributed by atoms with Gasteiger partial charge in [-0.05, 0) is 24.3 Å². The smallest absolute Gasteiger partial charge is 0.246 e. The molecule has 0 aromatic heterocycles. The maximum Gasteiger partial charge on any atom is 0.246 e. The van der Waals surface area contributed by atoms with Crippen LogP contribution in [-0.2, 0) is 11.2 Å². The Balaban J connectivity index is 1.85. The summed E-state index contributed by atoms with van der Waals surface area (Å²) >= 11 is 1.77. The highest BCUT2D eigenvalue weighted by Gasteiger charge is 2.23. The van der Waals surface area contributed by atoms with Crippen molar-refractivity contribution in [3.05, 3.63) is 29.8 Å². The number of hydrogen-bond donors (Lipinski definition) is 2. The molecule has 0 fully saturated rings. The van der Waals surface area contributed by atoms with E-state index in [1.165, 1.54) is 5.56 Å². The van der Waals surface area contributed by atoms with E-state index >= 15 is 0 Å². The Hall–Kier alpha value is -1.69. The van der Waals surface area contributed by atoms with Crippen LogP contribution in [0.3, 0.4) is 0 Å². The zero-order valence-corrected chi connectivity index (χ0v) is 13.4. The molecule has 0 radical (unpaired) electrons. The van der Waals surface area contributed by atoms with Gasteiger partial charge in [0.15, 0.2) is 5.96 Å². The minimum atomic E-state index is 0.0766. The summed E-state index contributed by atoms with van der Waals surface area (Å²) in [7, 11) is 1.71. The normalized spacial score (nSPS) is 14.0. The molecule has 0 bridgehead atoms. The van der Waals surface area contributed by atoms with Crippen LogP contribution in [0, 0.1) is 0 Å². The molecular weight excluding hydrogens is 284 g/mol. The Morgan fingerprint density at radius 2 is 2.19 bits per heavy atom. The predicted molar refractivity (Wildman–Crippen MR) is 90.2 cm³/mol. The van der Waals surface area contributed by atoms with Crippen molar-refractivity contribution in [1.29, 1.82) is 0 Å². The van der Waals surface area contributed by atoms with Crippen molar-refractivity contribution in [2.45, 2.75) is 6.42 Å². The van der Waals surface area contributed by atoms with E-state index in [0.29, 0.717) is 5.96 Å². The monoisotopic (exact) mass is 306 g/mol. The summed E-state index contributed by atoms with van der Waals surface area (Å²) in [6.07, 6.45) is 2.99. The van der Waals surface area contributed by atoms with Crippen LogP contribution in [0.1, 0.15) is 5.56 Å². The molecule has 21 heavy (non-hydrogen) atoms. The zero-order valence-electron chi connectivity index (χ0n) is 12.6. The first-order chi connectivity index (χ1) is 10.3. The molecule has 1 aromatic carbocycles. The highest BCUT2D eigenvalue weighted by Crippen LogP contribution is 2.27. The van der Waals surface area contributed by atoms with Crippen molar-refractivity contribution in [3.8, 4) is 0 Å². The Kier molecular flexibility index (Phi) is 5.92. The quantitative estimate of drug-likeness (QED) is 0.486. The maximum absolute atomic E-state index is 12.3. The van der Waals surface area contributed by atoms with Crippen molar-refractivity contribution in [3.63, 3.8) is 0 Å². The van der Waals surface area contributed by atoms with Crippen molar-refractivity contribution in [2.75, 3.05) is 43.6 Å². The number of fused-ring (bicyclic) bond motifs is 1. The summed E-state index contributed by atoms with van der Waals surface area (Å²) in [5.74, 6) is 1.76. The van der Waals surface area contributed by atoms with Gasteiger partial charge in [-0.2, -0.15) is 11.8 Å². The number of para-hydroxylation sites is 1. The summed E-state index contributed by atoms with van der Waals surface area (Å²) in [4.78, 5) is 18.3. The molecule has 114 valence electrons. The molecule has 1 amide bonds. The topological polar surface area (TPSA) is 56.7 Å². The molecule has 5 nitrogen and oxygen atoms in total. The fourth-order valence-electron chi connectivity index (χ4n) is 2.34. The minimum absolute atomic E-state index is 0.0766. The van der Waals surface area contributed by atoms with Gasteiger partial charge in [-0.3, -0.25) is 9.79 Å². The highest BCUT2D eigenvalue weighted by molar-refractivity contribution is 7.98. The number of aliphatic imine (C=N–C) groups is 1. The fraction of sp³-hybridized carbons (Fsp3) is 0.467. The molecule has 1 heterocycles. The van der Waals surface area contributed by atoms with Gasteiger partial charge in [-0.25, -0.2) is 0 Å². The van der Waals surface area contributed by atoms with Crippen molar-refractivity contribution >= 4 is 29.3 Å². The van der Waals surface area contributed by atoms with Crippen molar-refractivity contribution in [1.82, 2.24) is 10.6 Å². The first-order valence-corrected chi connectivity index (χ1v) is 8.47. The number of benzene rings is 1. The van der Waals surface area contributed by atoms with Crippen LogP contribution in [0.5, 0.6) is 0 Å². The number of guanidine groups is 1. The number of thioether (sulfide) groups is 1. The average Bonchev–Trinajstić information content (AvgIpc) is 2.94. The number of amides is 1. The molecule has 0 saturated heterocycles. The molecule has 0 atom stereocenters. The Morgan fingerprint density at radius 3 is 2.95 bits per heavy atom. The van der Waals surface area contributed by atoms with E-state index in [2.05, 4.69) is 27.9 Å². The third kappa shape index (κ3) is 4.14. The van der Waals surface area contributed by atoms with Gasteiger partial charge < -0.3 is 15.5 Å². The molecule has 1 aromatic rings. The molecule has 0 spiro atoms. The van der Waals surface area contributed by atoms with Gasteiger partial charge in [-0.15, -0.1) is 0 Å². The van der Waals surface area contributed by atoms with Gasteiger partial charge in [0.25, 0.3) is 0 Å². The molecular formula is C15H22N4OS. The van der Waals surface area contributed by atoms with Crippen LogP contribution in [0.2, 0.25) is 0 Å². The van der Waals surface area contributed by atoms with E-state index in [0.717, 1.165) is 31.0 Å². The highest BCUT2D eigenvalue weighted by atomic mass is 32.2. The lowest BCUT2D eigenvalue weighted by atomic mass is 10.2. The molecule has 1 aliphatic rings. The summed E-state index contributed by atoms with van der Waals surface area (Å²) in [6.45, 7) is 1.85. The van der Waals surface area contributed by atoms with Gasteiger partial charge in [0.05, 0.1) is 6.54 Å². The lowest BCUT2D eigenvalue weighted by molar-refractivity contribution is -0.117. The van der Waals surface area contributed by atoms with Crippen molar-refractivity contribution < 1.29 is 4.79 Å². The van der Waals surface area contributed by atoms with Crippen molar-refractivity contribution in [2.24, 2.45) is 4.99 Å². The van der Waals surface area contributed by atoms with E-state index in [1.807, 2.05) is 23.1 Å². The van der Waals surface area contributed by atoms with Crippen LogP contribution >= 0.6 is 11.8 Å². The first kappa shape index (κ1) is 15.7. The number of nitrogens with one attached hydrogen (secondary N) is 2. The summed E-state index contributed by atoms with van der Waals surface area (Å²) < 4.78 is 0. The Morgan fingerprint density at radius 1 is 1.38 bits per heavy atom. The number of carbonyl (C=O) groups is 1. The van der Waals surface area contributed by atoms with Crippen LogP contribution in [-0.4, -0.2) is 50.6 Å². The van der Waals surface area contributed by atoms with E-state index in [1.54, 1.807) is 18.8 Å². The second-order valence-electron chi connectivity index (χ2n) is 4.77. The second-order valence-corrected chi connectivity index (χ2v) is 5.76. The minimum Gasteiger partial charge on any atom is -0.356 e. The number of carbonyl (C=O) groups excluding carboxylic acids is 1. The number of anilines is 1. The van der Waals surface area contributed by atoms with Crippen LogP contribution in [0.25, 0.3) is 0 Å². The lowest BCUT2D eigenvalue weighted by Gasteiger charge is -2.18. The van der Waals surface area contributed by atoms with Gasteiger partial charge >= 0.3 is 0 Å². The van der Waals surface area contributed by atoms with E-state index in [-0.39, 0.29) is 12.5 Å². The summed E-state index contributed by atoms with van der Waals surface area (Å²) in [6, 6.07) is 8.08. The fourth-order valence-corrected chi connectivity index (χ4v) is 2.65. The number of nitrogens with zero attached hydrogens (tertiary/aromatic N) is 2. The van der Waals surface area contributed by atoms with Gasteiger partial charge in [0.2, 0.25) is 5.91 Å². The summed E-state index contributed by atoms with van der Waals surface area (Å²) in [5.41, 5.74) is 2.28. The molecule has 0 saturated carbocycles. The first-order valence-electron chi connectivity index (χ1n) is 7.08. The van der Waals surface area contributed by atoms with E-state index in [4.69, 9.17) is 0 Å². The SMILES string of the molecule is CN=C(NCCSC)NCC(=O)N1CCc2ccccc21. The zero-order chi connectivity index (χ0) is 15.1. The average molecular weight is 306 g/mol. The molecule has 2 rings (SSSR count). The Labute approximate surface area is 130 Å². The van der Waals surface area contributed by atoms with E-state index in [9.17, 15) is 4.79 Å². The van der Waals surface area contributed by atoms with Gasteiger partial charge in [0.1, 0.15) is 0 Å².